The van der Waals surface area contributed by atoms with E-state index in [2.05, 4.69) is 240 Å². The summed E-state index contributed by atoms with van der Waals surface area (Å²) in [6.07, 6.45) is 6.42. The Morgan fingerprint density at radius 3 is 1.45 bits per heavy atom. The zero-order valence-electron chi connectivity index (χ0n) is 36.6. The van der Waals surface area contributed by atoms with Crippen LogP contribution in [-0.2, 0) is 6.42 Å². The van der Waals surface area contributed by atoms with E-state index in [1.165, 1.54) is 16.6 Å². The molecule has 0 amide bonds. The van der Waals surface area contributed by atoms with Gasteiger partial charge >= 0.3 is 0 Å². The van der Waals surface area contributed by atoms with Gasteiger partial charge in [-0.1, -0.05) is 158 Å². The minimum atomic E-state index is -0.273. The predicted octanol–water partition coefficient (Wildman–Crippen LogP) is 14.4. The summed E-state index contributed by atoms with van der Waals surface area (Å²) in [6.45, 7) is -0.273. The van der Waals surface area contributed by atoms with Gasteiger partial charge in [-0.2, -0.15) is 0 Å². The molecule has 13 rings (SSSR count). The van der Waals surface area contributed by atoms with Gasteiger partial charge in [0.15, 0.2) is 0 Å². The molecule has 3 aliphatic rings. The molecule has 0 saturated heterocycles. The molecule has 314 valence electrons. The molecule has 0 fully saturated rings. The molecule has 0 N–H and O–H groups in total. The molecule has 5 heteroatoms. The molecule has 67 heavy (non-hydrogen) atoms. The molecule has 0 aromatic heterocycles. The first kappa shape index (κ1) is 38.7. The third-order valence-corrected chi connectivity index (χ3v) is 13.4. The monoisotopic (exact) mass is 856 g/mol. The van der Waals surface area contributed by atoms with E-state index in [4.69, 9.17) is 9.47 Å². The van der Waals surface area contributed by atoms with Gasteiger partial charge in [0.1, 0.15) is 23.0 Å². The average Bonchev–Trinajstić information content (AvgIpc) is 3.40. The van der Waals surface area contributed by atoms with Gasteiger partial charge in [-0.25, -0.2) is 0 Å². The Morgan fingerprint density at radius 1 is 0.463 bits per heavy atom. The van der Waals surface area contributed by atoms with Crippen molar-refractivity contribution in [1.29, 1.82) is 0 Å². The van der Waals surface area contributed by atoms with Crippen molar-refractivity contribution >= 4 is 74.1 Å². The van der Waals surface area contributed by atoms with Gasteiger partial charge in [0.05, 0.1) is 11.4 Å². The molecular formula is C62H41BN2O2. The Bertz CT molecular complexity index is 3370. The Hall–Kier alpha value is -8.72. The van der Waals surface area contributed by atoms with Gasteiger partial charge in [-0.3, -0.25) is 0 Å². The van der Waals surface area contributed by atoms with Crippen LogP contribution in [0.4, 0.5) is 34.1 Å². The summed E-state index contributed by atoms with van der Waals surface area (Å²) in [5, 5.41) is 2.02. The molecule has 1 aliphatic carbocycles. The molecule has 0 bridgehead atoms. The van der Waals surface area contributed by atoms with Gasteiger partial charge in [0, 0.05) is 67.8 Å². The second-order valence-electron chi connectivity index (χ2n) is 17.3. The van der Waals surface area contributed by atoms with Crippen molar-refractivity contribution in [2.75, 3.05) is 9.80 Å². The highest BCUT2D eigenvalue weighted by Gasteiger charge is 2.46. The highest BCUT2D eigenvalue weighted by Crippen LogP contribution is 2.51. The van der Waals surface area contributed by atoms with E-state index < -0.39 is 0 Å². The fourth-order valence-electron chi connectivity index (χ4n) is 10.6. The minimum Gasteiger partial charge on any atom is -0.458 e. The van der Waals surface area contributed by atoms with Gasteiger partial charge in [0.25, 0.3) is 6.71 Å². The largest absolute Gasteiger partial charge is 0.458 e. The van der Waals surface area contributed by atoms with Crippen LogP contribution in [-0.4, -0.2) is 6.71 Å². The molecule has 2 heterocycles. The second-order valence-corrected chi connectivity index (χ2v) is 17.3. The molecule has 0 radical (unpaired) electrons. The maximum Gasteiger partial charge on any atom is 0.262 e. The highest BCUT2D eigenvalue weighted by molar-refractivity contribution is 7.00. The Kier molecular flexibility index (Phi) is 9.28. The number of rotatable bonds is 8. The third-order valence-electron chi connectivity index (χ3n) is 13.4. The van der Waals surface area contributed by atoms with E-state index in [0.29, 0.717) is 0 Å². The summed E-state index contributed by atoms with van der Waals surface area (Å²) in [5.41, 5.74) is 16.2. The molecule has 0 atom stereocenters. The van der Waals surface area contributed by atoms with Crippen LogP contribution in [0.25, 0.3) is 39.1 Å². The van der Waals surface area contributed by atoms with Crippen LogP contribution in [0.15, 0.2) is 218 Å². The van der Waals surface area contributed by atoms with E-state index in [0.717, 1.165) is 114 Å². The van der Waals surface area contributed by atoms with Crippen molar-refractivity contribution in [3.8, 4) is 45.3 Å². The Balaban J connectivity index is 1.15. The van der Waals surface area contributed by atoms with Crippen LogP contribution >= 0.6 is 0 Å². The van der Waals surface area contributed by atoms with Crippen molar-refractivity contribution < 1.29 is 9.47 Å². The number of fused-ring (bicyclic) bond motifs is 8. The molecule has 0 saturated carbocycles. The lowest BCUT2D eigenvalue weighted by Crippen LogP contribution is -2.59. The van der Waals surface area contributed by atoms with Crippen LogP contribution in [0.2, 0.25) is 0 Å². The summed E-state index contributed by atoms with van der Waals surface area (Å²) in [6, 6.07) is 81.9. The average molecular weight is 857 g/mol. The first-order valence-electron chi connectivity index (χ1n) is 23.0. The molecular weight excluding hydrogens is 816 g/mol. The Labute approximate surface area is 391 Å². The van der Waals surface area contributed by atoms with E-state index in [9.17, 15) is 0 Å². The number of hydrogen-bond acceptors (Lipinski definition) is 4. The summed E-state index contributed by atoms with van der Waals surface area (Å²) in [7, 11) is 0. The number of nitrogens with zero attached hydrogens (tertiary/aromatic N) is 2. The van der Waals surface area contributed by atoms with Crippen LogP contribution < -0.4 is 35.7 Å². The van der Waals surface area contributed by atoms with Crippen molar-refractivity contribution in [2.24, 2.45) is 0 Å². The fourth-order valence-corrected chi connectivity index (χ4v) is 10.6. The first-order valence-corrected chi connectivity index (χ1v) is 23.0. The fraction of sp³-hybridized carbons (Fsp3) is 0.0323. The van der Waals surface area contributed by atoms with Crippen LogP contribution in [0.1, 0.15) is 17.5 Å². The molecule has 0 spiro atoms. The maximum absolute atomic E-state index is 7.58. The minimum absolute atomic E-state index is 0.273. The molecule has 10 aromatic carbocycles. The summed E-state index contributed by atoms with van der Waals surface area (Å²) < 4.78 is 15.1. The van der Waals surface area contributed by atoms with Gasteiger partial charge in [0.2, 0.25) is 0 Å². The molecule has 2 aliphatic heterocycles. The lowest BCUT2D eigenvalue weighted by Gasteiger charge is -2.39. The lowest BCUT2D eigenvalue weighted by molar-refractivity contribution is 0.467. The van der Waals surface area contributed by atoms with Crippen LogP contribution in [0, 0.1) is 12.1 Å². The topological polar surface area (TPSA) is 24.9 Å². The standard InChI is InChI=1S/C62H41BN2O2/c1-7-23-42(24-8-1)52-39-53(43-25-9-2-10-26-43)62-60-61(52)66-56-40-54(64(44-27-11-3-12-28-44)45-29-13-4-14-30-45)48-35-19-21-37-50(48)58(56)63(60)59-51-38-22-20-36-49(51)55(41-57(59)67-62)65(46-31-15-5-16-32-46)47-33-17-6-18-34-47/h1-20,23-36,39-41H,21,37H2. The van der Waals surface area contributed by atoms with Crippen molar-refractivity contribution in [3.63, 3.8) is 0 Å². The van der Waals surface area contributed by atoms with Crippen molar-refractivity contribution in [3.05, 3.63) is 242 Å². The first-order chi connectivity index (χ1) is 33.3. The number of hydrogen-bond donors (Lipinski definition) is 0. The van der Waals surface area contributed by atoms with Crippen LogP contribution in [0.5, 0.6) is 23.0 Å². The second kappa shape index (κ2) is 16.1. The van der Waals surface area contributed by atoms with Gasteiger partial charge in [-0.15, -0.1) is 0 Å². The van der Waals surface area contributed by atoms with Crippen LogP contribution in [0.3, 0.4) is 0 Å². The normalized spacial score (nSPS) is 12.7. The predicted molar refractivity (Wildman–Crippen MR) is 277 cm³/mol. The van der Waals surface area contributed by atoms with E-state index in [1.54, 1.807) is 0 Å². The molecule has 4 nitrogen and oxygen atoms in total. The molecule has 0 unspecified atom stereocenters. The lowest BCUT2D eigenvalue weighted by atomic mass is 9.33. The number of para-hydroxylation sites is 4. The summed E-state index contributed by atoms with van der Waals surface area (Å²) in [4.78, 5) is 4.70. The number of benzene rings is 9. The SMILES string of the molecule is c1ccc2c(N(c3ccccc3)c3ccccc3)cc3c(c2c#1)B1c2c(cc(N(c4ccccc4)c4ccccc4)c4c2CCC=C4)Oc2c(-c4ccccc4)cc(-c4ccccc4)c(c21)O3. The van der Waals surface area contributed by atoms with Gasteiger partial charge in [-0.05, 0) is 107 Å². The molecule has 10 aromatic rings. The van der Waals surface area contributed by atoms with E-state index in [1.807, 2.05) is 6.07 Å². The quantitative estimate of drug-likeness (QED) is 0.142. The zero-order valence-corrected chi connectivity index (χ0v) is 36.6. The maximum atomic E-state index is 7.58. The number of anilines is 6. The van der Waals surface area contributed by atoms with Crippen molar-refractivity contribution in [1.82, 2.24) is 0 Å². The van der Waals surface area contributed by atoms with Gasteiger partial charge < -0.3 is 19.3 Å². The summed E-state index contributed by atoms with van der Waals surface area (Å²) in [5.74, 6) is 3.24. The van der Waals surface area contributed by atoms with Crippen molar-refractivity contribution in [2.45, 2.75) is 12.8 Å². The smallest absolute Gasteiger partial charge is 0.262 e. The van der Waals surface area contributed by atoms with E-state index in [-0.39, 0.29) is 6.71 Å². The third kappa shape index (κ3) is 6.41. The highest BCUT2D eigenvalue weighted by atomic mass is 16.5. The zero-order chi connectivity index (χ0) is 44.3. The summed E-state index contributed by atoms with van der Waals surface area (Å²) >= 11 is 0. The number of ether oxygens (including phenoxy) is 2. The number of allylic oxidation sites excluding steroid dienone is 1. The van der Waals surface area contributed by atoms with E-state index >= 15 is 0 Å². The Morgan fingerprint density at radius 2 is 0.925 bits per heavy atom.